The number of nitrogens with zero attached hydrogens (tertiary/aromatic N) is 1. The molecule has 4 rings (SSSR count). The van der Waals surface area contributed by atoms with Gasteiger partial charge in [0.25, 0.3) is 0 Å². The van der Waals surface area contributed by atoms with E-state index in [1.165, 1.54) is 18.2 Å². The predicted molar refractivity (Wildman–Crippen MR) is 125 cm³/mol. The number of dihydropyridines is 1. The molecule has 0 spiro atoms. The molecule has 1 aliphatic heterocycles. The van der Waals surface area contributed by atoms with E-state index in [0.717, 1.165) is 5.56 Å². The largest absolute Gasteiger partial charge is 0.502 e. The van der Waals surface area contributed by atoms with Crippen molar-refractivity contribution in [3.8, 4) is 5.75 Å². The van der Waals surface area contributed by atoms with Crippen molar-refractivity contribution >= 4 is 17.4 Å². The van der Waals surface area contributed by atoms with E-state index in [1.807, 2.05) is 44.2 Å². The number of rotatable bonds is 5. The normalized spacial score (nSPS) is 19.4. The number of allylic oxidation sites excluding steroid dienone is 3. The third-order valence-electron chi connectivity index (χ3n) is 6.20. The molecule has 1 aliphatic carbocycles. The highest BCUT2D eigenvalue weighted by molar-refractivity contribution is 6.04. The number of phenols is 1. The van der Waals surface area contributed by atoms with Gasteiger partial charge in [-0.2, -0.15) is 0 Å². The maximum Gasteiger partial charge on any atom is 0.337 e. The Kier molecular flexibility index (Phi) is 6.00. The van der Waals surface area contributed by atoms with E-state index in [0.29, 0.717) is 29.0 Å². The van der Waals surface area contributed by atoms with E-state index in [-0.39, 0.29) is 29.8 Å². The van der Waals surface area contributed by atoms with Gasteiger partial charge >= 0.3 is 11.7 Å². The summed E-state index contributed by atoms with van der Waals surface area (Å²) in [5.41, 5.74) is 2.31. The molecule has 1 unspecified atom stereocenters. The summed E-state index contributed by atoms with van der Waals surface area (Å²) in [7, 11) is 0. The van der Waals surface area contributed by atoms with Crippen LogP contribution in [-0.2, 0) is 20.9 Å². The highest BCUT2D eigenvalue weighted by Gasteiger charge is 2.43. The maximum atomic E-state index is 13.3. The molecule has 2 aliphatic rings. The van der Waals surface area contributed by atoms with E-state index >= 15 is 0 Å². The standard InChI is InChI=1S/C26H26N2O6/c1-15-22(25(31)34-14-16-7-5-4-6-8-16)23(17-9-10-20(29)19(11-17)28(32)33)24-18(27-15)12-26(2,3)13-21(24)30/h4-11,23,27,29H,12-14H2,1-3H3. The number of Topliss-reactive ketones (excluding diaryl/α,β-unsaturated/α-hetero) is 1. The summed E-state index contributed by atoms with van der Waals surface area (Å²) in [4.78, 5) is 37.4. The zero-order valence-electron chi connectivity index (χ0n) is 19.3. The van der Waals surface area contributed by atoms with Gasteiger partial charge < -0.3 is 15.2 Å². The maximum absolute atomic E-state index is 13.3. The van der Waals surface area contributed by atoms with Crippen LogP contribution in [-0.4, -0.2) is 21.8 Å². The van der Waals surface area contributed by atoms with Crippen molar-refractivity contribution in [2.45, 2.75) is 46.1 Å². The number of esters is 1. The first-order valence-electron chi connectivity index (χ1n) is 11.0. The Morgan fingerprint density at radius 2 is 1.91 bits per heavy atom. The van der Waals surface area contributed by atoms with Crippen molar-refractivity contribution in [1.29, 1.82) is 0 Å². The van der Waals surface area contributed by atoms with Crippen molar-refractivity contribution in [2.75, 3.05) is 0 Å². The summed E-state index contributed by atoms with van der Waals surface area (Å²) in [5, 5.41) is 24.7. The molecular formula is C26H26N2O6. The van der Waals surface area contributed by atoms with E-state index in [2.05, 4.69) is 5.32 Å². The Bertz CT molecular complexity index is 1240. The number of nitro groups is 1. The number of carbonyl (C=O) groups is 2. The van der Waals surface area contributed by atoms with Gasteiger partial charge in [0.1, 0.15) is 6.61 Å². The highest BCUT2D eigenvalue weighted by atomic mass is 16.6. The molecule has 0 amide bonds. The van der Waals surface area contributed by atoms with Crippen LogP contribution in [0.25, 0.3) is 0 Å². The number of hydrogen-bond acceptors (Lipinski definition) is 7. The Labute approximate surface area is 197 Å². The van der Waals surface area contributed by atoms with Gasteiger partial charge in [-0.3, -0.25) is 14.9 Å². The minimum absolute atomic E-state index is 0.0474. The van der Waals surface area contributed by atoms with Crippen LogP contribution < -0.4 is 5.32 Å². The second-order valence-electron chi connectivity index (χ2n) is 9.50. The number of ether oxygens (including phenoxy) is 1. The van der Waals surface area contributed by atoms with Gasteiger partial charge in [0.2, 0.25) is 0 Å². The Balaban J connectivity index is 1.80. The SMILES string of the molecule is CC1=C(C(=O)OCc2ccccc2)C(c2ccc(O)c([N+](=O)[O-])c2)C2=C(CC(C)(C)CC2=O)N1. The third-order valence-corrected chi connectivity index (χ3v) is 6.20. The average molecular weight is 463 g/mol. The van der Waals surface area contributed by atoms with Gasteiger partial charge in [0, 0.05) is 35.4 Å². The molecule has 34 heavy (non-hydrogen) atoms. The van der Waals surface area contributed by atoms with Crippen LogP contribution in [0.2, 0.25) is 0 Å². The summed E-state index contributed by atoms with van der Waals surface area (Å²) < 4.78 is 5.59. The number of phenolic OH excluding ortho intramolecular Hbond substituents is 1. The molecule has 1 heterocycles. The van der Waals surface area contributed by atoms with Gasteiger partial charge in [-0.05, 0) is 36.0 Å². The summed E-state index contributed by atoms with van der Waals surface area (Å²) in [6.07, 6.45) is 0.879. The zero-order chi connectivity index (χ0) is 24.6. The van der Waals surface area contributed by atoms with Crippen LogP contribution in [0.1, 0.15) is 50.7 Å². The molecule has 0 saturated carbocycles. The van der Waals surface area contributed by atoms with Gasteiger partial charge in [-0.25, -0.2) is 4.79 Å². The number of nitro benzene ring substituents is 1. The molecule has 2 N–H and O–H groups in total. The van der Waals surface area contributed by atoms with Crippen LogP contribution in [0.3, 0.4) is 0 Å². The number of nitrogens with one attached hydrogen (secondary N) is 1. The van der Waals surface area contributed by atoms with Crippen molar-refractivity contribution in [3.05, 3.63) is 92.3 Å². The van der Waals surface area contributed by atoms with Gasteiger partial charge in [0.15, 0.2) is 11.5 Å². The first kappa shape index (κ1) is 23.2. The van der Waals surface area contributed by atoms with E-state index < -0.39 is 28.2 Å². The van der Waals surface area contributed by atoms with Crippen LogP contribution in [0.4, 0.5) is 5.69 Å². The molecule has 0 aromatic heterocycles. The topological polar surface area (TPSA) is 119 Å². The average Bonchev–Trinajstić information content (AvgIpc) is 2.76. The number of benzene rings is 2. The van der Waals surface area contributed by atoms with Crippen LogP contribution in [0.15, 0.2) is 71.1 Å². The molecule has 0 saturated heterocycles. The fourth-order valence-electron chi connectivity index (χ4n) is 4.71. The van der Waals surface area contributed by atoms with Crippen LogP contribution in [0, 0.1) is 15.5 Å². The molecule has 8 heteroatoms. The second kappa shape index (κ2) is 8.78. The number of hydrogen-bond donors (Lipinski definition) is 2. The molecule has 0 fully saturated rings. The molecule has 176 valence electrons. The summed E-state index contributed by atoms with van der Waals surface area (Å²) in [6, 6.07) is 13.2. The fourth-order valence-corrected chi connectivity index (χ4v) is 4.71. The molecule has 2 aromatic rings. The summed E-state index contributed by atoms with van der Waals surface area (Å²) >= 11 is 0. The van der Waals surface area contributed by atoms with Crippen molar-refractivity contribution in [3.63, 3.8) is 0 Å². The second-order valence-corrected chi connectivity index (χ2v) is 9.50. The minimum atomic E-state index is -0.845. The Morgan fingerprint density at radius 1 is 1.21 bits per heavy atom. The lowest BCUT2D eigenvalue weighted by molar-refractivity contribution is -0.385. The number of carbonyl (C=O) groups excluding carboxylic acids is 2. The first-order chi connectivity index (χ1) is 16.1. The first-order valence-corrected chi connectivity index (χ1v) is 11.0. The van der Waals surface area contributed by atoms with Crippen molar-refractivity contribution in [1.82, 2.24) is 5.32 Å². The van der Waals surface area contributed by atoms with Gasteiger partial charge in [0.05, 0.1) is 10.5 Å². The van der Waals surface area contributed by atoms with Gasteiger partial charge in [-0.1, -0.05) is 50.2 Å². The fraction of sp³-hybridized carbons (Fsp3) is 0.308. The quantitative estimate of drug-likeness (QED) is 0.377. The zero-order valence-corrected chi connectivity index (χ0v) is 19.3. The van der Waals surface area contributed by atoms with E-state index in [1.54, 1.807) is 6.92 Å². The molecule has 8 nitrogen and oxygen atoms in total. The predicted octanol–water partition coefficient (Wildman–Crippen LogP) is 4.65. The monoisotopic (exact) mass is 462 g/mol. The molecule has 2 aromatic carbocycles. The lowest BCUT2D eigenvalue weighted by atomic mass is 9.68. The smallest absolute Gasteiger partial charge is 0.337 e. The van der Waals surface area contributed by atoms with E-state index in [4.69, 9.17) is 4.74 Å². The molecule has 0 radical (unpaired) electrons. The Morgan fingerprint density at radius 3 is 2.59 bits per heavy atom. The Hall–Kier alpha value is -3.94. The van der Waals surface area contributed by atoms with Crippen LogP contribution in [0.5, 0.6) is 5.75 Å². The third kappa shape index (κ3) is 4.44. The lowest BCUT2D eigenvalue weighted by Gasteiger charge is -2.39. The minimum Gasteiger partial charge on any atom is -0.502 e. The molecule has 0 bridgehead atoms. The number of aromatic hydroxyl groups is 1. The summed E-state index contributed by atoms with van der Waals surface area (Å²) in [6.45, 7) is 5.78. The lowest BCUT2D eigenvalue weighted by Crippen LogP contribution is -2.38. The van der Waals surface area contributed by atoms with Crippen LogP contribution >= 0.6 is 0 Å². The van der Waals surface area contributed by atoms with Crippen molar-refractivity contribution < 1.29 is 24.4 Å². The van der Waals surface area contributed by atoms with E-state index in [9.17, 15) is 24.8 Å². The van der Waals surface area contributed by atoms with Crippen molar-refractivity contribution in [2.24, 2.45) is 5.41 Å². The highest BCUT2D eigenvalue weighted by Crippen LogP contribution is 2.47. The number of ketones is 1. The molecule has 1 atom stereocenters. The molecular weight excluding hydrogens is 436 g/mol. The van der Waals surface area contributed by atoms with Gasteiger partial charge in [-0.15, -0.1) is 0 Å². The summed E-state index contributed by atoms with van der Waals surface area (Å²) in [5.74, 6) is -2.07.